The smallest absolute Gasteiger partial charge is 0.234 e. The van der Waals surface area contributed by atoms with Crippen LogP contribution in [0.1, 0.15) is 0 Å². The minimum absolute atomic E-state index is 0.0303. The minimum atomic E-state index is -0.0303. The lowest BCUT2D eigenvalue weighted by molar-refractivity contribution is -0.113. The average molecular weight is 376 g/mol. The van der Waals surface area contributed by atoms with E-state index in [9.17, 15) is 4.79 Å². The van der Waals surface area contributed by atoms with Gasteiger partial charge in [0.15, 0.2) is 0 Å². The molecule has 1 aliphatic rings. The van der Waals surface area contributed by atoms with Crippen molar-refractivity contribution < 1.29 is 4.79 Å². The molecule has 2 aromatic carbocycles. The summed E-state index contributed by atoms with van der Waals surface area (Å²) in [5.41, 5.74) is 2.03. The van der Waals surface area contributed by atoms with E-state index >= 15 is 0 Å². The van der Waals surface area contributed by atoms with Crippen LogP contribution in [-0.4, -0.2) is 49.8 Å². The van der Waals surface area contributed by atoms with Crippen LogP contribution in [0.5, 0.6) is 0 Å². The van der Waals surface area contributed by atoms with Gasteiger partial charge in [-0.05, 0) is 43.4 Å². The Morgan fingerprint density at radius 3 is 2.44 bits per heavy atom. The Morgan fingerprint density at radius 2 is 1.76 bits per heavy atom. The zero-order chi connectivity index (χ0) is 17.6. The maximum Gasteiger partial charge on any atom is 0.234 e. The number of hydrogen-bond donors (Lipinski definition) is 1. The van der Waals surface area contributed by atoms with E-state index in [1.165, 1.54) is 17.4 Å². The van der Waals surface area contributed by atoms with Crippen molar-refractivity contribution in [3.05, 3.63) is 53.6 Å². The molecular formula is C19H22ClN3OS. The van der Waals surface area contributed by atoms with E-state index in [0.717, 1.165) is 36.8 Å². The molecule has 1 aliphatic heterocycles. The summed E-state index contributed by atoms with van der Waals surface area (Å²) in [5.74, 6) is 0.307. The van der Waals surface area contributed by atoms with E-state index in [1.54, 1.807) is 0 Å². The number of piperazine rings is 1. The van der Waals surface area contributed by atoms with Crippen LogP contribution in [-0.2, 0) is 4.79 Å². The fourth-order valence-corrected chi connectivity index (χ4v) is 3.76. The summed E-state index contributed by atoms with van der Waals surface area (Å²) in [6.45, 7) is 4.24. The third-order valence-electron chi connectivity index (χ3n) is 4.21. The Morgan fingerprint density at radius 1 is 1.08 bits per heavy atom. The second-order valence-electron chi connectivity index (χ2n) is 6.10. The molecule has 1 N–H and O–H groups in total. The van der Waals surface area contributed by atoms with Gasteiger partial charge in [-0.2, -0.15) is 0 Å². The van der Waals surface area contributed by atoms with Crippen molar-refractivity contribution in [2.45, 2.75) is 4.90 Å². The molecule has 4 nitrogen and oxygen atoms in total. The lowest BCUT2D eigenvalue weighted by Crippen LogP contribution is -2.44. The van der Waals surface area contributed by atoms with Gasteiger partial charge in [-0.15, -0.1) is 11.8 Å². The van der Waals surface area contributed by atoms with Crippen LogP contribution in [0.4, 0.5) is 11.4 Å². The summed E-state index contributed by atoms with van der Waals surface area (Å²) < 4.78 is 0. The van der Waals surface area contributed by atoms with E-state index in [-0.39, 0.29) is 5.91 Å². The number of hydrogen-bond acceptors (Lipinski definition) is 4. The normalized spacial score (nSPS) is 15.2. The highest BCUT2D eigenvalue weighted by Crippen LogP contribution is 2.26. The second-order valence-corrected chi connectivity index (χ2v) is 7.53. The second kappa shape index (κ2) is 8.61. The highest BCUT2D eigenvalue weighted by atomic mass is 35.5. The number of carbonyl (C=O) groups is 1. The van der Waals surface area contributed by atoms with Crippen molar-refractivity contribution >= 4 is 40.6 Å². The van der Waals surface area contributed by atoms with Gasteiger partial charge in [0.1, 0.15) is 0 Å². The van der Waals surface area contributed by atoms with Crippen LogP contribution >= 0.6 is 23.4 Å². The van der Waals surface area contributed by atoms with Crippen molar-refractivity contribution in [1.82, 2.24) is 4.90 Å². The van der Waals surface area contributed by atoms with E-state index < -0.39 is 0 Å². The number of carbonyl (C=O) groups excluding carboxylic acids is 1. The van der Waals surface area contributed by atoms with Crippen molar-refractivity contribution in [2.75, 3.05) is 49.2 Å². The standard InChI is InChI=1S/C19H22ClN3OS/c1-22-10-12-23(13-11-22)16-8-6-15(7-9-16)21-19(24)14-25-18-5-3-2-4-17(18)20/h2-9H,10-14H2,1H3,(H,21,24). The summed E-state index contributed by atoms with van der Waals surface area (Å²) in [5, 5.41) is 3.62. The predicted octanol–water partition coefficient (Wildman–Crippen LogP) is 3.82. The Hall–Kier alpha value is -1.69. The number of nitrogens with zero attached hydrogens (tertiary/aromatic N) is 2. The Kier molecular flexibility index (Phi) is 6.24. The first-order chi connectivity index (χ1) is 12.1. The highest BCUT2D eigenvalue weighted by molar-refractivity contribution is 8.00. The third-order valence-corrected chi connectivity index (χ3v) is 5.73. The molecule has 0 aliphatic carbocycles. The summed E-state index contributed by atoms with van der Waals surface area (Å²) in [4.78, 5) is 17.8. The van der Waals surface area contributed by atoms with Crippen molar-refractivity contribution in [1.29, 1.82) is 0 Å². The molecule has 132 valence electrons. The van der Waals surface area contributed by atoms with E-state index in [1.807, 2.05) is 36.4 Å². The molecule has 1 amide bonds. The summed E-state index contributed by atoms with van der Waals surface area (Å²) in [6, 6.07) is 15.6. The van der Waals surface area contributed by atoms with Gasteiger partial charge < -0.3 is 15.1 Å². The summed E-state index contributed by atoms with van der Waals surface area (Å²) >= 11 is 7.55. The molecule has 0 bridgehead atoms. The predicted molar refractivity (Wildman–Crippen MR) is 107 cm³/mol. The van der Waals surface area contributed by atoms with Crippen LogP contribution in [0.25, 0.3) is 0 Å². The quantitative estimate of drug-likeness (QED) is 0.806. The first kappa shape index (κ1) is 18.1. The summed E-state index contributed by atoms with van der Waals surface area (Å²) in [6.07, 6.45) is 0. The SMILES string of the molecule is CN1CCN(c2ccc(NC(=O)CSc3ccccc3Cl)cc2)CC1. The Labute approximate surface area is 158 Å². The molecule has 0 radical (unpaired) electrons. The van der Waals surface area contributed by atoms with Gasteiger partial charge >= 0.3 is 0 Å². The molecule has 1 saturated heterocycles. The Balaban J connectivity index is 1.51. The molecule has 0 aromatic heterocycles. The number of amides is 1. The monoisotopic (exact) mass is 375 g/mol. The van der Waals surface area contributed by atoms with Gasteiger partial charge in [0.2, 0.25) is 5.91 Å². The van der Waals surface area contributed by atoms with Crippen LogP contribution < -0.4 is 10.2 Å². The lowest BCUT2D eigenvalue weighted by Gasteiger charge is -2.34. The van der Waals surface area contributed by atoms with Gasteiger partial charge in [0, 0.05) is 42.4 Å². The number of thioether (sulfide) groups is 1. The summed E-state index contributed by atoms with van der Waals surface area (Å²) in [7, 11) is 2.15. The molecule has 0 saturated carbocycles. The maximum atomic E-state index is 12.1. The topological polar surface area (TPSA) is 35.6 Å². The molecule has 3 rings (SSSR count). The molecule has 2 aromatic rings. The minimum Gasteiger partial charge on any atom is -0.369 e. The van der Waals surface area contributed by atoms with Crippen molar-refractivity contribution in [3.63, 3.8) is 0 Å². The molecule has 1 heterocycles. The fourth-order valence-electron chi connectivity index (χ4n) is 2.72. The van der Waals surface area contributed by atoms with Gasteiger partial charge in [-0.25, -0.2) is 0 Å². The number of benzene rings is 2. The number of anilines is 2. The van der Waals surface area contributed by atoms with Crippen LogP contribution in [0.3, 0.4) is 0 Å². The molecule has 0 unspecified atom stereocenters. The molecular weight excluding hydrogens is 354 g/mol. The first-order valence-corrected chi connectivity index (χ1v) is 9.69. The van der Waals surface area contributed by atoms with Crippen molar-refractivity contribution in [2.24, 2.45) is 0 Å². The van der Waals surface area contributed by atoms with Crippen LogP contribution in [0.2, 0.25) is 5.02 Å². The van der Waals surface area contributed by atoms with Gasteiger partial charge in [-0.3, -0.25) is 4.79 Å². The highest BCUT2D eigenvalue weighted by Gasteiger charge is 2.14. The Bertz CT molecular complexity index is 715. The maximum absolute atomic E-state index is 12.1. The molecule has 0 spiro atoms. The van der Waals surface area contributed by atoms with Crippen LogP contribution in [0.15, 0.2) is 53.4 Å². The number of likely N-dealkylation sites (N-methyl/N-ethyl adjacent to an activating group) is 1. The van der Waals surface area contributed by atoms with E-state index in [0.29, 0.717) is 10.8 Å². The van der Waals surface area contributed by atoms with E-state index in [4.69, 9.17) is 11.6 Å². The zero-order valence-electron chi connectivity index (χ0n) is 14.2. The molecule has 0 atom stereocenters. The zero-order valence-corrected chi connectivity index (χ0v) is 15.8. The lowest BCUT2D eigenvalue weighted by atomic mass is 10.2. The third kappa shape index (κ3) is 5.14. The number of halogens is 1. The van der Waals surface area contributed by atoms with Crippen molar-refractivity contribution in [3.8, 4) is 0 Å². The largest absolute Gasteiger partial charge is 0.369 e. The van der Waals surface area contributed by atoms with Crippen LogP contribution in [0, 0.1) is 0 Å². The molecule has 6 heteroatoms. The van der Waals surface area contributed by atoms with Gasteiger partial charge in [-0.1, -0.05) is 23.7 Å². The van der Waals surface area contributed by atoms with Gasteiger partial charge in [0.25, 0.3) is 0 Å². The average Bonchev–Trinajstić information content (AvgIpc) is 2.62. The fraction of sp³-hybridized carbons (Fsp3) is 0.316. The molecule has 25 heavy (non-hydrogen) atoms. The molecule has 1 fully saturated rings. The number of nitrogens with one attached hydrogen (secondary N) is 1. The van der Waals surface area contributed by atoms with E-state index in [2.05, 4.69) is 34.3 Å². The number of rotatable bonds is 5. The first-order valence-electron chi connectivity index (χ1n) is 8.32. The van der Waals surface area contributed by atoms with Gasteiger partial charge in [0.05, 0.1) is 10.8 Å².